The number of hydrogen-bond acceptors (Lipinski definition) is 3. The van der Waals surface area contributed by atoms with Crippen molar-refractivity contribution in [2.24, 2.45) is 17.2 Å². The lowest BCUT2D eigenvalue weighted by atomic mass is 9.66. The van der Waals surface area contributed by atoms with Gasteiger partial charge in [-0.1, -0.05) is 38.3 Å². The predicted octanol–water partition coefficient (Wildman–Crippen LogP) is 4.12. The molecule has 1 fully saturated rings. The van der Waals surface area contributed by atoms with Crippen molar-refractivity contribution in [2.45, 2.75) is 45.6 Å². The van der Waals surface area contributed by atoms with Crippen LogP contribution < -0.4 is 11.3 Å². The van der Waals surface area contributed by atoms with Gasteiger partial charge in [-0.3, -0.25) is 11.3 Å². The van der Waals surface area contributed by atoms with Crippen molar-refractivity contribution in [2.75, 3.05) is 0 Å². The fourth-order valence-corrected chi connectivity index (χ4v) is 4.34. The molecule has 1 aromatic heterocycles. The van der Waals surface area contributed by atoms with Crippen LogP contribution in [-0.4, -0.2) is 0 Å². The topological polar surface area (TPSA) is 38.0 Å². The van der Waals surface area contributed by atoms with Gasteiger partial charge in [0.2, 0.25) is 0 Å². The van der Waals surface area contributed by atoms with Crippen LogP contribution in [0.15, 0.2) is 11.4 Å². The number of hydrogen-bond donors (Lipinski definition) is 2. The van der Waals surface area contributed by atoms with Crippen LogP contribution in [0.3, 0.4) is 0 Å². The van der Waals surface area contributed by atoms with Crippen LogP contribution in [0.4, 0.5) is 0 Å². The second kappa shape index (κ2) is 5.27. The van der Waals surface area contributed by atoms with Gasteiger partial charge in [0.15, 0.2) is 0 Å². The first-order valence-electron chi connectivity index (χ1n) is 6.25. The third-order valence-corrected chi connectivity index (χ3v) is 5.54. The molecule has 2 unspecified atom stereocenters. The predicted molar refractivity (Wildman–Crippen MR) is 75.1 cm³/mol. The summed E-state index contributed by atoms with van der Waals surface area (Å²) in [7, 11) is 0. The Labute approximate surface area is 113 Å². The van der Waals surface area contributed by atoms with Crippen molar-refractivity contribution in [3.63, 3.8) is 0 Å². The van der Waals surface area contributed by atoms with Crippen molar-refractivity contribution < 1.29 is 0 Å². The molecule has 0 radical (unpaired) electrons. The largest absolute Gasteiger partial charge is 0.271 e. The molecular weight excluding hydrogens is 252 g/mol. The first kappa shape index (κ1) is 13.3. The van der Waals surface area contributed by atoms with Crippen LogP contribution in [0.2, 0.25) is 5.02 Å². The Morgan fingerprint density at radius 3 is 2.82 bits per heavy atom. The lowest BCUT2D eigenvalue weighted by Crippen LogP contribution is -2.41. The fraction of sp³-hybridized carbons (Fsp3) is 0.692. The number of rotatable bonds is 3. The molecule has 2 rings (SSSR count). The smallest absolute Gasteiger partial charge is 0.0601 e. The van der Waals surface area contributed by atoms with Gasteiger partial charge in [0.25, 0.3) is 0 Å². The molecule has 1 heterocycles. The number of halogens is 1. The second-order valence-corrected chi connectivity index (χ2v) is 6.97. The minimum absolute atomic E-state index is 0.192. The first-order valence-corrected chi connectivity index (χ1v) is 7.51. The quantitative estimate of drug-likeness (QED) is 0.642. The van der Waals surface area contributed by atoms with Crippen molar-refractivity contribution in [1.29, 1.82) is 0 Å². The average molecular weight is 273 g/mol. The number of nitrogens with two attached hydrogens (primary N) is 1. The third-order valence-electron chi connectivity index (χ3n) is 4.10. The average Bonchev–Trinajstić information content (AvgIpc) is 2.68. The van der Waals surface area contributed by atoms with Crippen molar-refractivity contribution in [1.82, 2.24) is 5.43 Å². The molecule has 2 atom stereocenters. The molecule has 1 aliphatic carbocycles. The highest BCUT2D eigenvalue weighted by Gasteiger charge is 2.38. The lowest BCUT2D eigenvalue weighted by molar-refractivity contribution is 0.0995. The van der Waals surface area contributed by atoms with E-state index >= 15 is 0 Å². The Balaban J connectivity index is 2.26. The zero-order chi connectivity index (χ0) is 12.5. The van der Waals surface area contributed by atoms with Crippen LogP contribution >= 0.6 is 22.9 Å². The maximum atomic E-state index is 6.24. The molecule has 1 aromatic rings. The van der Waals surface area contributed by atoms with E-state index in [1.165, 1.54) is 30.6 Å². The molecule has 17 heavy (non-hydrogen) atoms. The van der Waals surface area contributed by atoms with E-state index in [1.807, 2.05) is 11.4 Å². The Kier molecular flexibility index (Phi) is 4.14. The molecule has 0 amide bonds. The van der Waals surface area contributed by atoms with Gasteiger partial charge in [-0.15, -0.1) is 11.3 Å². The SMILES string of the molecule is CC1(C)CCCCC1C(NN)c1sccc1Cl. The molecule has 96 valence electrons. The van der Waals surface area contributed by atoms with Gasteiger partial charge in [0, 0.05) is 4.88 Å². The summed E-state index contributed by atoms with van der Waals surface area (Å²) in [6.45, 7) is 4.70. The van der Waals surface area contributed by atoms with Gasteiger partial charge in [0.1, 0.15) is 0 Å². The summed E-state index contributed by atoms with van der Waals surface area (Å²) in [6.07, 6.45) is 5.14. The van der Waals surface area contributed by atoms with Gasteiger partial charge in [0.05, 0.1) is 11.1 Å². The first-order chi connectivity index (χ1) is 8.06. The van der Waals surface area contributed by atoms with Crippen molar-refractivity contribution in [3.05, 3.63) is 21.3 Å². The second-order valence-electron chi connectivity index (χ2n) is 5.62. The summed E-state index contributed by atoms with van der Waals surface area (Å²) in [6, 6.07) is 2.15. The summed E-state index contributed by atoms with van der Waals surface area (Å²) < 4.78 is 0. The fourth-order valence-electron chi connectivity index (χ4n) is 3.04. The zero-order valence-corrected chi connectivity index (χ0v) is 12.1. The number of thiophene rings is 1. The highest BCUT2D eigenvalue weighted by atomic mass is 35.5. The van der Waals surface area contributed by atoms with Gasteiger partial charge in [-0.05, 0) is 35.6 Å². The van der Waals surface area contributed by atoms with E-state index in [0.717, 1.165) is 5.02 Å². The zero-order valence-electron chi connectivity index (χ0n) is 10.5. The molecule has 3 N–H and O–H groups in total. The van der Waals surface area contributed by atoms with Crippen LogP contribution in [0.1, 0.15) is 50.4 Å². The molecule has 4 heteroatoms. The molecule has 0 aromatic carbocycles. The van der Waals surface area contributed by atoms with Crippen molar-refractivity contribution in [3.8, 4) is 0 Å². The third kappa shape index (κ3) is 2.68. The number of nitrogens with one attached hydrogen (secondary N) is 1. The summed E-state index contributed by atoms with van der Waals surface area (Å²) >= 11 is 7.94. The van der Waals surface area contributed by atoms with Crippen LogP contribution in [0.5, 0.6) is 0 Å². The maximum absolute atomic E-state index is 6.24. The van der Waals surface area contributed by atoms with Gasteiger partial charge >= 0.3 is 0 Å². The molecular formula is C13H21ClN2S. The molecule has 2 nitrogen and oxygen atoms in total. The Hall–Kier alpha value is -0.0900. The number of hydrazine groups is 1. The summed E-state index contributed by atoms with van der Waals surface area (Å²) in [5, 5.41) is 2.89. The minimum Gasteiger partial charge on any atom is -0.271 e. The molecule has 0 saturated heterocycles. The van der Waals surface area contributed by atoms with Crippen LogP contribution in [0.25, 0.3) is 0 Å². The molecule has 0 aliphatic heterocycles. The Morgan fingerprint density at radius 1 is 1.53 bits per heavy atom. The van der Waals surface area contributed by atoms with Crippen LogP contribution in [-0.2, 0) is 0 Å². The van der Waals surface area contributed by atoms with Gasteiger partial charge in [-0.2, -0.15) is 0 Å². The molecule has 1 saturated carbocycles. The van der Waals surface area contributed by atoms with E-state index in [1.54, 1.807) is 11.3 Å². The van der Waals surface area contributed by atoms with E-state index < -0.39 is 0 Å². The summed E-state index contributed by atoms with van der Waals surface area (Å²) in [5.41, 5.74) is 3.33. The molecule has 0 spiro atoms. The standard InChI is InChI=1S/C13H21ClN2S/c1-13(2)7-4-3-5-9(13)11(16-15)12-10(14)6-8-17-12/h6,8-9,11,16H,3-5,7,15H2,1-2H3. The minimum atomic E-state index is 0.192. The monoisotopic (exact) mass is 272 g/mol. The van der Waals surface area contributed by atoms with E-state index in [4.69, 9.17) is 17.4 Å². The molecule has 0 bridgehead atoms. The highest BCUT2D eigenvalue weighted by molar-refractivity contribution is 7.10. The highest BCUT2D eigenvalue weighted by Crippen LogP contribution is 2.48. The van der Waals surface area contributed by atoms with Gasteiger partial charge < -0.3 is 0 Å². The summed E-state index contributed by atoms with van der Waals surface area (Å²) in [5.74, 6) is 6.35. The van der Waals surface area contributed by atoms with E-state index in [2.05, 4.69) is 19.3 Å². The van der Waals surface area contributed by atoms with E-state index in [9.17, 15) is 0 Å². The Morgan fingerprint density at radius 2 is 2.29 bits per heavy atom. The molecule has 1 aliphatic rings. The van der Waals surface area contributed by atoms with E-state index in [0.29, 0.717) is 11.3 Å². The van der Waals surface area contributed by atoms with Crippen molar-refractivity contribution >= 4 is 22.9 Å². The summed E-state index contributed by atoms with van der Waals surface area (Å²) in [4.78, 5) is 1.19. The van der Waals surface area contributed by atoms with E-state index in [-0.39, 0.29) is 6.04 Å². The van der Waals surface area contributed by atoms with Crippen LogP contribution in [0, 0.1) is 11.3 Å². The maximum Gasteiger partial charge on any atom is 0.0601 e. The van der Waals surface area contributed by atoms with Gasteiger partial charge in [-0.25, -0.2) is 0 Å². The normalized spacial score (nSPS) is 25.8. The Bertz CT molecular complexity index is 375. The lowest BCUT2D eigenvalue weighted by Gasteiger charge is -2.42.